The molecule has 1 aliphatic carbocycles. The topological polar surface area (TPSA) is 93.7 Å². The molecule has 37 heavy (non-hydrogen) atoms. The lowest BCUT2D eigenvalue weighted by Gasteiger charge is -2.36. The minimum Gasteiger partial charge on any atom is -0.444 e. The summed E-state index contributed by atoms with van der Waals surface area (Å²) in [5.74, 6) is 0.00820. The van der Waals surface area contributed by atoms with E-state index in [0.717, 1.165) is 16.3 Å². The number of nitrogens with zero attached hydrogens (tertiary/aromatic N) is 1. The maximum Gasteiger partial charge on any atom is 0.407 e. The number of likely N-dealkylation sites (N-methyl/N-ethyl adjacent to an activating group) is 1. The van der Waals surface area contributed by atoms with Crippen LogP contribution in [0.25, 0.3) is 16.8 Å². The fourth-order valence-corrected chi connectivity index (χ4v) is 4.39. The molecule has 0 saturated heterocycles. The summed E-state index contributed by atoms with van der Waals surface area (Å²) in [5.41, 5.74) is 1.24. The van der Waals surface area contributed by atoms with E-state index < -0.39 is 23.4 Å². The zero-order valence-electron chi connectivity index (χ0n) is 23.1. The van der Waals surface area contributed by atoms with E-state index in [0.29, 0.717) is 48.3 Å². The zero-order valence-corrected chi connectivity index (χ0v) is 23.1. The van der Waals surface area contributed by atoms with Crippen molar-refractivity contribution in [2.45, 2.75) is 52.7 Å². The van der Waals surface area contributed by atoms with Crippen molar-refractivity contribution < 1.29 is 28.3 Å². The molecule has 0 atom stereocenters. The standard InChI is InChI=1S/C29H39N3O5/c1-28(2,3)36-26(34)30-14-16-32(7,17-15-31-27(35)37-29(4,5)6)19-22-18-21-12-8-10-20-11-9-13-23(24(20)21)25(22)33/h8-13,18H,14-17,19H2,1-7H3,(H-,30,31,34,35)/p+1. The Kier molecular flexibility index (Phi) is 8.32. The van der Waals surface area contributed by atoms with Crippen LogP contribution in [0.2, 0.25) is 0 Å². The summed E-state index contributed by atoms with van der Waals surface area (Å²) in [6, 6.07) is 11.8. The second kappa shape index (κ2) is 10.9. The molecular formula is C29H40N3O5+. The number of carbonyl (C=O) groups excluding carboxylic acids is 3. The molecule has 0 fully saturated rings. The van der Waals surface area contributed by atoms with Gasteiger partial charge in [0.05, 0.1) is 38.8 Å². The van der Waals surface area contributed by atoms with Gasteiger partial charge < -0.3 is 24.6 Å². The number of hydrogen-bond acceptors (Lipinski definition) is 5. The number of nitrogens with one attached hydrogen (secondary N) is 2. The van der Waals surface area contributed by atoms with Crippen molar-refractivity contribution in [1.29, 1.82) is 0 Å². The highest BCUT2D eigenvalue weighted by atomic mass is 16.6. The molecular weight excluding hydrogens is 470 g/mol. The zero-order chi connectivity index (χ0) is 27.4. The number of benzene rings is 2. The van der Waals surface area contributed by atoms with Crippen LogP contribution < -0.4 is 10.6 Å². The van der Waals surface area contributed by atoms with Crippen LogP contribution in [0.15, 0.2) is 42.0 Å². The van der Waals surface area contributed by atoms with Crippen molar-refractivity contribution in [3.8, 4) is 0 Å². The molecule has 8 nitrogen and oxygen atoms in total. The molecule has 0 saturated carbocycles. The van der Waals surface area contributed by atoms with Crippen LogP contribution in [0, 0.1) is 0 Å². The van der Waals surface area contributed by atoms with Crippen molar-refractivity contribution in [2.75, 3.05) is 39.8 Å². The molecule has 2 aromatic carbocycles. The minimum absolute atomic E-state index is 0.00820. The Labute approximate surface area is 219 Å². The monoisotopic (exact) mass is 510 g/mol. The molecule has 0 heterocycles. The Morgan fingerprint density at radius 3 is 1.86 bits per heavy atom. The number of Topliss-reactive ketones (excluding diaryl/α,β-unsaturated/α-hetero) is 1. The molecule has 0 radical (unpaired) electrons. The summed E-state index contributed by atoms with van der Waals surface area (Å²) >= 11 is 0. The second-order valence-electron chi connectivity index (χ2n) is 11.8. The smallest absolute Gasteiger partial charge is 0.407 e. The van der Waals surface area contributed by atoms with Crippen LogP contribution in [-0.2, 0) is 9.47 Å². The summed E-state index contributed by atoms with van der Waals surface area (Å²) in [5, 5.41) is 7.64. The SMILES string of the molecule is CC(C)(C)OC(=O)NCC[N+](C)(CCNC(=O)OC(C)(C)C)CC1=Cc2cccc3cccc(c23)C1=O. The van der Waals surface area contributed by atoms with Gasteiger partial charge in [-0.05, 0) is 58.6 Å². The lowest BCUT2D eigenvalue weighted by atomic mass is 9.87. The van der Waals surface area contributed by atoms with E-state index in [1.165, 1.54) is 0 Å². The van der Waals surface area contributed by atoms with Crippen molar-refractivity contribution in [2.24, 2.45) is 0 Å². The van der Waals surface area contributed by atoms with E-state index in [9.17, 15) is 14.4 Å². The largest absolute Gasteiger partial charge is 0.444 e. The molecule has 200 valence electrons. The maximum atomic E-state index is 13.5. The Hall–Kier alpha value is -3.39. The highest BCUT2D eigenvalue weighted by Gasteiger charge is 2.30. The number of alkyl carbamates (subject to hydrolysis) is 2. The van der Waals surface area contributed by atoms with Gasteiger partial charge in [0.25, 0.3) is 0 Å². The second-order valence-corrected chi connectivity index (χ2v) is 11.8. The Balaban J connectivity index is 1.76. The van der Waals surface area contributed by atoms with Crippen LogP contribution >= 0.6 is 0 Å². The molecule has 0 aliphatic heterocycles. The van der Waals surface area contributed by atoms with Gasteiger partial charge in [0, 0.05) is 10.9 Å². The quantitative estimate of drug-likeness (QED) is 0.492. The van der Waals surface area contributed by atoms with Gasteiger partial charge in [0.2, 0.25) is 0 Å². The van der Waals surface area contributed by atoms with E-state index in [1.807, 2.05) is 91.1 Å². The minimum atomic E-state index is -0.590. The fraction of sp³-hybridized carbons (Fsp3) is 0.483. The lowest BCUT2D eigenvalue weighted by molar-refractivity contribution is -0.902. The van der Waals surface area contributed by atoms with Gasteiger partial charge in [-0.3, -0.25) is 4.79 Å². The number of amides is 2. The highest BCUT2D eigenvalue weighted by Crippen LogP contribution is 2.32. The van der Waals surface area contributed by atoms with Gasteiger partial charge in [0.15, 0.2) is 5.78 Å². The third-order valence-corrected chi connectivity index (χ3v) is 5.99. The van der Waals surface area contributed by atoms with Crippen molar-refractivity contribution in [3.63, 3.8) is 0 Å². The van der Waals surface area contributed by atoms with Crippen molar-refractivity contribution in [3.05, 3.63) is 53.1 Å². The lowest BCUT2D eigenvalue weighted by Crippen LogP contribution is -2.54. The van der Waals surface area contributed by atoms with Crippen LogP contribution in [0.3, 0.4) is 0 Å². The molecule has 2 aromatic rings. The average Bonchev–Trinajstić information content (AvgIpc) is 2.75. The van der Waals surface area contributed by atoms with Crippen LogP contribution in [0.5, 0.6) is 0 Å². The number of ketones is 1. The predicted octanol–water partition coefficient (Wildman–Crippen LogP) is 4.92. The summed E-state index contributed by atoms with van der Waals surface area (Å²) in [6.45, 7) is 13.1. The van der Waals surface area contributed by atoms with Crippen LogP contribution in [0.1, 0.15) is 57.5 Å². The molecule has 2 amide bonds. The van der Waals surface area contributed by atoms with Gasteiger partial charge >= 0.3 is 12.2 Å². The van der Waals surface area contributed by atoms with Crippen molar-refractivity contribution >= 4 is 34.8 Å². The Bertz CT molecular complexity index is 1160. The number of carbonyl (C=O) groups is 3. The number of rotatable bonds is 8. The normalized spacial score (nSPS) is 13.7. The van der Waals surface area contributed by atoms with Gasteiger partial charge in [-0.2, -0.15) is 0 Å². The van der Waals surface area contributed by atoms with Crippen molar-refractivity contribution in [1.82, 2.24) is 10.6 Å². The molecule has 0 spiro atoms. The molecule has 2 N–H and O–H groups in total. The first-order valence-corrected chi connectivity index (χ1v) is 12.7. The van der Waals surface area contributed by atoms with Gasteiger partial charge in [-0.25, -0.2) is 9.59 Å². The summed E-state index contributed by atoms with van der Waals surface area (Å²) in [7, 11) is 2.02. The molecule has 0 unspecified atom stereocenters. The first-order chi connectivity index (χ1) is 17.2. The predicted molar refractivity (Wildman–Crippen MR) is 146 cm³/mol. The van der Waals surface area contributed by atoms with Gasteiger partial charge in [-0.1, -0.05) is 36.4 Å². The summed E-state index contributed by atoms with van der Waals surface area (Å²) in [4.78, 5) is 37.9. The molecule has 1 aliphatic rings. The van der Waals surface area contributed by atoms with E-state index in [4.69, 9.17) is 9.47 Å². The number of hydrogen-bond donors (Lipinski definition) is 2. The molecule has 0 bridgehead atoms. The van der Waals surface area contributed by atoms with E-state index in [-0.39, 0.29) is 5.78 Å². The van der Waals surface area contributed by atoms with E-state index in [2.05, 4.69) is 10.6 Å². The average molecular weight is 511 g/mol. The van der Waals surface area contributed by atoms with Gasteiger partial charge in [0.1, 0.15) is 17.7 Å². The van der Waals surface area contributed by atoms with E-state index >= 15 is 0 Å². The summed E-state index contributed by atoms with van der Waals surface area (Å²) in [6.07, 6.45) is 0.996. The molecule has 0 aromatic heterocycles. The van der Waals surface area contributed by atoms with E-state index in [1.54, 1.807) is 0 Å². The Morgan fingerprint density at radius 1 is 0.838 bits per heavy atom. The Morgan fingerprint density at radius 2 is 1.35 bits per heavy atom. The van der Waals surface area contributed by atoms with Crippen LogP contribution in [-0.4, -0.2) is 73.4 Å². The fourth-order valence-electron chi connectivity index (χ4n) is 4.39. The van der Waals surface area contributed by atoms with Gasteiger partial charge in [-0.15, -0.1) is 0 Å². The maximum absolute atomic E-state index is 13.5. The third kappa shape index (κ3) is 8.05. The highest BCUT2D eigenvalue weighted by molar-refractivity contribution is 6.22. The molecule has 8 heteroatoms. The molecule has 3 rings (SSSR count). The first-order valence-electron chi connectivity index (χ1n) is 12.7. The number of quaternary nitrogens is 1. The number of ether oxygens (including phenoxy) is 2. The van der Waals surface area contributed by atoms with Crippen LogP contribution in [0.4, 0.5) is 9.59 Å². The first kappa shape index (κ1) is 28.2. The summed E-state index contributed by atoms with van der Waals surface area (Å²) < 4.78 is 11.1. The third-order valence-electron chi connectivity index (χ3n) is 5.99.